The molecular formula is C15H22O3. The number of benzene rings is 1. The van der Waals surface area contributed by atoms with Gasteiger partial charge >= 0.3 is 0 Å². The molecule has 0 aliphatic heterocycles. The molecule has 1 aromatic carbocycles. The van der Waals surface area contributed by atoms with Gasteiger partial charge in [0.05, 0.1) is 6.61 Å². The minimum absolute atomic E-state index is 0.246. The summed E-state index contributed by atoms with van der Waals surface area (Å²) in [5.41, 5.74) is 0.0651. The highest BCUT2D eigenvalue weighted by atomic mass is 16.5. The van der Waals surface area contributed by atoms with E-state index in [1.807, 2.05) is 27.7 Å². The Balaban J connectivity index is 2.76. The minimum Gasteiger partial charge on any atom is -0.494 e. The maximum atomic E-state index is 12.0. The number of hydrogen-bond donors (Lipinski definition) is 1. The van der Waals surface area contributed by atoms with Crippen molar-refractivity contribution in [2.75, 3.05) is 6.61 Å². The van der Waals surface area contributed by atoms with E-state index in [2.05, 4.69) is 0 Å². The summed E-state index contributed by atoms with van der Waals surface area (Å²) in [5.74, 6) is 0.503. The number of carbonyl (C=O) groups is 1. The van der Waals surface area contributed by atoms with E-state index in [1.54, 1.807) is 24.3 Å². The van der Waals surface area contributed by atoms with Crippen LogP contribution in [0.2, 0.25) is 0 Å². The van der Waals surface area contributed by atoms with E-state index in [0.717, 1.165) is 12.2 Å². The van der Waals surface area contributed by atoms with Gasteiger partial charge in [0.1, 0.15) is 11.9 Å². The first-order valence-corrected chi connectivity index (χ1v) is 6.31. The van der Waals surface area contributed by atoms with Crippen LogP contribution in [-0.2, 0) is 0 Å². The van der Waals surface area contributed by atoms with Crippen molar-refractivity contribution in [2.24, 2.45) is 5.41 Å². The van der Waals surface area contributed by atoms with Gasteiger partial charge in [0.15, 0.2) is 5.78 Å². The normalized spacial score (nSPS) is 13.2. The van der Waals surface area contributed by atoms with Crippen molar-refractivity contribution < 1.29 is 14.6 Å². The molecule has 1 N–H and O–H groups in total. The van der Waals surface area contributed by atoms with Gasteiger partial charge in [-0.25, -0.2) is 0 Å². The molecule has 0 bridgehead atoms. The number of aliphatic hydroxyl groups excluding tert-OH is 1. The van der Waals surface area contributed by atoms with Gasteiger partial charge in [-0.15, -0.1) is 0 Å². The average molecular weight is 250 g/mol. The first-order chi connectivity index (χ1) is 8.36. The van der Waals surface area contributed by atoms with Gasteiger partial charge in [-0.05, 0) is 36.1 Å². The van der Waals surface area contributed by atoms with Crippen LogP contribution in [0.1, 0.15) is 44.5 Å². The summed E-state index contributed by atoms with van der Waals surface area (Å²) in [6, 6.07) is 6.92. The van der Waals surface area contributed by atoms with Gasteiger partial charge < -0.3 is 9.84 Å². The van der Waals surface area contributed by atoms with Crippen LogP contribution in [0.5, 0.6) is 5.75 Å². The topological polar surface area (TPSA) is 46.5 Å². The number of hydrogen-bond acceptors (Lipinski definition) is 3. The van der Waals surface area contributed by atoms with Crippen molar-refractivity contribution in [2.45, 2.75) is 40.2 Å². The largest absolute Gasteiger partial charge is 0.494 e. The van der Waals surface area contributed by atoms with E-state index in [4.69, 9.17) is 4.74 Å². The van der Waals surface area contributed by atoms with Crippen LogP contribution < -0.4 is 4.74 Å². The lowest BCUT2D eigenvalue weighted by atomic mass is 9.84. The van der Waals surface area contributed by atoms with E-state index >= 15 is 0 Å². The molecule has 1 atom stereocenters. The third kappa shape index (κ3) is 3.84. The molecule has 3 nitrogen and oxygen atoms in total. The van der Waals surface area contributed by atoms with Gasteiger partial charge in [0.2, 0.25) is 0 Å². The molecule has 0 amide bonds. The van der Waals surface area contributed by atoms with Gasteiger partial charge in [-0.1, -0.05) is 27.7 Å². The average Bonchev–Trinajstić information content (AvgIpc) is 2.34. The summed E-state index contributed by atoms with van der Waals surface area (Å²) < 4.78 is 5.44. The highest BCUT2D eigenvalue weighted by Gasteiger charge is 2.29. The third-order valence-corrected chi connectivity index (χ3v) is 2.68. The number of carbonyl (C=O) groups excluding carboxylic acids is 1. The molecule has 0 heterocycles. The molecule has 3 heteroatoms. The second-order valence-corrected chi connectivity index (χ2v) is 5.51. The van der Waals surface area contributed by atoms with E-state index in [-0.39, 0.29) is 5.78 Å². The number of ether oxygens (including phenoxy) is 1. The molecule has 1 unspecified atom stereocenters. The Bertz CT molecular complexity index is 387. The van der Waals surface area contributed by atoms with Crippen LogP contribution >= 0.6 is 0 Å². The van der Waals surface area contributed by atoms with Crippen molar-refractivity contribution in [3.63, 3.8) is 0 Å². The summed E-state index contributed by atoms with van der Waals surface area (Å²) in [7, 11) is 0. The molecule has 0 aliphatic rings. The van der Waals surface area contributed by atoms with Crippen LogP contribution in [0.15, 0.2) is 24.3 Å². The predicted molar refractivity (Wildman–Crippen MR) is 72.0 cm³/mol. The molecule has 0 radical (unpaired) electrons. The molecular weight excluding hydrogens is 228 g/mol. The minimum atomic E-state index is -0.986. The van der Waals surface area contributed by atoms with Gasteiger partial charge in [0, 0.05) is 5.56 Å². The predicted octanol–water partition coefficient (Wildman–Crippen LogP) is 3.07. The summed E-state index contributed by atoms with van der Waals surface area (Å²) >= 11 is 0. The number of Topliss-reactive ketones (excluding diaryl/α,β-unsaturated/α-hetero) is 1. The van der Waals surface area contributed by atoms with Crippen LogP contribution in [0.4, 0.5) is 0 Å². The van der Waals surface area contributed by atoms with Crippen molar-refractivity contribution >= 4 is 5.78 Å². The molecule has 1 aromatic rings. The first-order valence-electron chi connectivity index (χ1n) is 6.31. The maximum absolute atomic E-state index is 12.0. The molecule has 1 rings (SSSR count). The summed E-state index contributed by atoms with van der Waals surface area (Å²) in [6.45, 7) is 8.23. The SMILES string of the molecule is CCCOc1ccc(C(=O)C(O)C(C)(C)C)cc1. The van der Waals surface area contributed by atoms with Crippen LogP contribution in [0, 0.1) is 5.41 Å². The third-order valence-electron chi connectivity index (χ3n) is 2.68. The fraction of sp³-hybridized carbons (Fsp3) is 0.533. The van der Waals surface area contributed by atoms with Crippen LogP contribution in [-0.4, -0.2) is 23.6 Å². The Morgan fingerprint density at radius 1 is 1.28 bits per heavy atom. The Morgan fingerprint density at radius 3 is 2.28 bits per heavy atom. The zero-order valence-corrected chi connectivity index (χ0v) is 11.6. The van der Waals surface area contributed by atoms with Crippen molar-refractivity contribution in [3.8, 4) is 5.75 Å². The number of ketones is 1. The second kappa shape index (κ2) is 6.01. The summed E-state index contributed by atoms with van der Waals surface area (Å²) in [4.78, 5) is 12.0. The molecule has 0 aromatic heterocycles. The quantitative estimate of drug-likeness (QED) is 0.817. The Morgan fingerprint density at radius 2 is 1.83 bits per heavy atom. The van der Waals surface area contributed by atoms with E-state index in [9.17, 15) is 9.90 Å². The zero-order chi connectivity index (χ0) is 13.8. The van der Waals surface area contributed by atoms with Crippen LogP contribution in [0.25, 0.3) is 0 Å². The lowest BCUT2D eigenvalue weighted by molar-refractivity contribution is 0.0442. The van der Waals surface area contributed by atoms with Crippen molar-refractivity contribution in [1.29, 1.82) is 0 Å². The molecule has 18 heavy (non-hydrogen) atoms. The van der Waals surface area contributed by atoms with Crippen molar-refractivity contribution in [3.05, 3.63) is 29.8 Å². The molecule has 0 saturated heterocycles. The monoisotopic (exact) mass is 250 g/mol. The molecule has 0 saturated carbocycles. The fourth-order valence-electron chi connectivity index (χ4n) is 1.49. The maximum Gasteiger partial charge on any atom is 0.191 e. The fourth-order valence-corrected chi connectivity index (χ4v) is 1.49. The number of rotatable bonds is 5. The second-order valence-electron chi connectivity index (χ2n) is 5.51. The van der Waals surface area contributed by atoms with Crippen molar-refractivity contribution in [1.82, 2.24) is 0 Å². The first kappa shape index (κ1) is 14.7. The van der Waals surface area contributed by atoms with E-state index < -0.39 is 11.5 Å². The van der Waals surface area contributed by atoms with Gasteiger partial charge in [0.25, 0.3) is 0 Å². The Hall–Kier alpha value is -1.35. The Kier molecular flexibility index (Phi) is 4.91. The molecule has 0 aliphatic carbocycles. The van der Waals surface area contributed by atoms with Gasteiger partial charge in [-0.2, -0.15) is 0 Å². The number of aliphatic hydroxyl groups is 1. The lowest BCUT2D eigenvalue weighted by Crippen LogP contribution is -2.34. The van der Waals surface area contributed by atoms with E-state index in [1.165, 1.54) is 0 Å². The highest BCUT2D eigenvalue weighted by Crippen LogP contribution is 2.23. The smallest absolute Gasteiger partial charge is 0.191 e. The Labute approximate surface area is 109 Å². The van der Waals surface area contributed by atoms with Crippen LogP contribution in [0.3, 0.4) is 0 Å². The standard InChI is InChI=1S/C15H22O3/c1-5-10-18-12-8-6-11(7-9-12)13(16)14(17)15(2,3)4/h6-9,14,17H,5,10H2,1-4H3. The zero-order valence-electron chi connectivity index (χ0n) is 11.6. The molecule has 100 valence electrons. The van der Waals surface area contributed by atoms with Gasteiger partial charge in [-0.3, -0.25) is 4.79 Å². The summed E-state index contributed by atoms with van der Waals surface area (Å²) in [5, 5.41) is 9.94. The molecule has 0 spiro atoms. The van der Waals surface area contributed by atoms with E-state index in [0.29, 0.717) is 12.2 Å². The lowest BCUT2D eigenvalue weighted by Gasteiger charge is -2.24. The highest BCUT2D eigenvalue weighted by molar-refractivity contribution is 5.99. The summed E-state index contributed by atoms with van der Waals surface area (Å²) in [6.07, 6.45) is -0.0384. The molecule has 0 fully saturated rings.